The molecule has 0 saturated carbocycles. The van der Waals surface area contributed by atoms with E-state index in [1.54, 1.807) is 7.11 Å². The van der Waals surface area contributed by atoms with Crippen LogP contribution >= 0.6 is 0 Å². The Balaban J connectivity index is 1.66. The first-order valence-corrected chi connectivity index (χ1v) is 8.56. The van der Waals surface area contributed by atoms with Crippen LogP contribution in [0.1, 0.15) is 43.3 Å². The lowest BCUT2D eigenvalue weighted by Crippen LogP contribution is -2.41. The molecule has 0 bridgehead atoms. The van der Waals surface area contributed by atoms with Crippen molar-refractivity contribution in [2.45, 2.75) is 38.1 Å². The van der Waals surface area contributed by atoms with Gasteiger partial charge in [-0.15, -0.1) is 10.2 Å². The third-order valence-corrected chi connectivity index (χ3v) is 4.97. The number of methoxy groups -OCH3 is 1. The molecule has 1 atom stereocenters. The van der Waals surface area contributed by atoms with Crippen molar-refractivity contribution >= 4 is 5.91 Å². The zero-order valence-electron chi connectivity index (χ0n) is 14.2. The van der Waals surface area contributed by atoms with Gasteiger partial charge in [-0.3, -0.25) is 9.69 Å². The predicted molar refractivity (Wildman–Crippen MR) is 85.9 cm³/mol. The first-order valence-electron chi connectivity index (χ1n) is 8.56. The first-order chi connectivity index (χ1) is 11.2. The SMILES string of the molecule is COCC(=O)N1CCC[C@@H](c2nnc(CN3CCCC3)n2C)C1. The number of carbonyl (C=O) groups excluding carboxylic acids is 1. The number of carbonyl (C=O) groups is 1. The zero-order valence-corrected chi connectivity index (χ0v) is 14.2. The lowest BCUT2D eigenvalue weighted by atomic mass is 9.97. The molecule has 0 N–H and O–H groups in total. The van der Waals surface area contributed by atoms with Crippen molar-refractivity contribution in [2.24, 2.45) is 7.05 Å². The van der Waals surface area contributed by atoms with E-state index in [-0.39, 0.29) is 18.4 Å². The maximum Gasteiger partial charge on any atom is 0.248 e. The monoisotopic (exact) mass is 321 g/mol. The molecule has 7 heteroatoms. The van der Waals surface area contributed by atoms with Crippen LogP contribution in [0.3, 0.4) is 0 Å². The van der Waals surface area contributed by atoms with Crippen LogP contribution in [0.2, 0.25) is 0 Å². The molecule has 0 radical (unpaired) electrons. The Hall–Kier alpha value is -1.47. The van der Waals surface area contributed by atoms with Gasteiger partial charge in [0.05, 0.1) is 6.54 Å². The molecule has 1 aromatic heterocycles. The van der Waals surface area contributed by atoms with Crippen LogP contribution in [-0.2, 0) is 23.1 Å². The van der Waals surface area contributed by atoms with Crippen LogP contribution in [0, 0.1) is 0 Å². The Kier molecular flexibility index (Phi) is 5.27. The molecule has 1 amide bonds. The molecule has 2 saturated heterocycles. The summed E-state index contributed by atoms with van der Waals surface area (Å²) in [6, 6.07) is 0. The second-order valence-corrected chi connectivity index (χ2v) is 6.63. The molecule has 0 unspecified atom stereocenters. The van der Waals surface area contributed by atoms with Gasteiger partial charge in [-0.2, -0.15) is 0 Å². The molecule has 2 aliphatic heterocycles. The summed E-state index contributed by atoms with van der Waals surface area (Å²) >= 11 is 0. The molecule has 128 valence electrons. The van der Waals surface area contributed by atoms with Gasteiger partial charge >= 0.3 is 0 Å². The van der Waals surface area contributed by atoms with E-state index in [1.807, 2.05) is 4.90 Å². The fourth-order valence-electron chi connectivity index (χ4n) is 3.64. The third-order valence-electron chi connectivity index (χ3n) is 4.97. The lowest BCUT2D eigenvalue weighted by molar-refractivity contribution is -0.136. The Morgan fingerprint density at radius 2 is 2.00 bits per heavy atom. The Labute approximate surface area is 137 Å². The van der Waals surface area contributed by atoms with Gasteiger partial charge in [0.1, 0.15) is 18.3 Å². The van der Waals surface area contributed by atoms with Gasteiger partial charge in [0.25, 0.3) is 0 Å². The smallest absolute Gasteiger partial charge is 0.248 e. The van der Waals surface area contributed by atoms with Crippen molar-refractivity contribution in [3.8, 4) is 0 Å². The molecule has 0 aromatic carbocycles. The van der Waals surface area contributed by atoms with E-state index < -0.39 is 0 Å². The van der Waals surface area contributed by atoms with E-state index in [2.05, 4.69) is 26.7 Å². The Morgan fingerprint density at radius 1 is 1.22 bits per heavy atom. The van der Waals surface area contributed by atoms with E-state index in [9.17, 15) is 4.79 Å². The zero-order chi connectivity index (χ0) is 16.2. The topological polar surface area (TPSA) is 63.5 Å². The quantitative estimate of drug-likeness (QED) is 0.801. The minimum absolute atomic E-state index is 0.0664. The Morgan fingerprint density at radius 3 is 2.74 bits per heavy atom. The molecule has 2 aliphatic rings. The van der Waals surface area contributed by atoms with Crippen molar-refractivity contribution in [3.05, 3.63) is 11.6 Å². The molecule has 7 nitrogen and oxygen atoms in total. The second-order valence-electron chi connectivity index (χ2n) is 6.63. The summed E-state index contributed by atoms with van der Waals surface area (Å²) in [5.41, 5.74) is 0. The largest absolute Gasteiger partial charge is 0.375 e. The molecule has 1 aromatic rings. The van der Waals surface area contributed by atoms with Gasteiger partial charge in [0, 0.05) is 33.2 Å². The van der Waals surface area contributed by atoms with Crippen molar-refractivity contribution in [3.63, 3.8) is 0 Å². The summed E-state index contributed by atoms with van der Waals surface area (Å²) in [5.74, 6) is 2.38. The van der Waals surface area contributed by atoms with E-state index >= 15 is 0 Å². The summed E-state index contributed by atoms with van der Waals surface area (Å²) in [4.78, 5) is 16.4. The van der Waals surface area contributed by atoms with Crippen LogP contribution in [-0.4, -0.2) is 70.4 Å². The summed E-state index contributed by atoms with van der Waals surface area (Å²) in [6.45, 7) is 4.89. The fraction of sp³-hybridized carbons (Fsp3) is 0.812. The van der Waals surface area contributed by atoms with E-state index in [1.165, 1.54) is 12.8 Å². The first kappa shape index (κ1) is 16.4. The van der Waals surface area contributed by atoms with E-state index in [0.29, 0.717) is 0 Å². The highest BCUT2D eigenvalue weighted by Crippen LogP contribution is 2.26. The highest BCUT2D eigenvalue weighted by atomic mass is 16.5. The van der Waals surface area contributed by atoms with Gasteiger partial charge < -0.3 is 14.2 Å². The number of ether oxygens (including phenoxy) is 1. The number of hydrogen-bond donors (Lipinski definition) is 0. The van der Waals surface area contributed by atoms with Gasteiger partial charge in [-0.05, 0) is 38.8 Å². The van der Waals surface area contributed by atoms with Crippen molar-refractivity contribution < 1.29 is 9.53 Å². The van der Waals surface area contributed by atoms with Crippen molar-refractivity contribution in [1.82, 2.24) is 24.6 Å². The van der Waals surface area contributed by atoms with Gasteiger partial charge in [-0.25, -0.2) is 0 Å². The van der Waals surface area contributed by atoms with Crippen LogP contribution in [0.25, 0.3) is 0 Å². The number of rotatable bonds is 5. The number of likely N-dealkylation sites (tertiary alicyclic amines) is 2. The number of nitrogens with zero attached hydrogens (tertiary/aromatic N) is 5. The van der Waals surface area contributed by atoms with Crippen LogP contribution in [0.5, 0.6) is 0 Å². The number of aromatic nitrogens is 3. The molecular formula is C16H27N5O2. The number of amides is 1. The third kappa shape index (κ3) is 3.72. The normalized spacial score (nSPS) is 22.7. The predicted octanol–water partition coefficient (Wildman–Crippen LogP) is 0.763. The Bertz CT molecular complexity index is 539. The van der Waals surface area contributed by atoms with Crippen molar-refractivity contribution in [2.75, 3.05) is 39.9 Å². The number of hydrogen-bond acceptors (Lipinski definition) is 5. The summed E-state index contributed by atoms with van der Waals surface area (Å²) in [7, 11) is 3.61. The highest BCUT2D eigenvalue weighted by Gasteiger charge is 2.28. The maximum absolute atomic E-state index is 12.0. The molecule has 2 fully saturated rings. The number of piperidine rings is 1. The molecule has 23 heavy (non-hydrogen) atoms. The van der Waals surface area contributed by atoms with Gasteiger partial charge in [0.2, 0.25) is 5.91 Å². The molecular weight excluding hydrogens is 294 g/mol. The molecule has 3 rings (SSSR count). The lowest BCUT2D eigenvalue weighted by Gasteiger charge is -2.32. The van der Waals surface area contributed by atoms with Crippen LogP contribution < -0.4 is 0 Å². The summed E-state index contributed by atoms with van der Waals surface area (Å²) in [5, 5.41) is 8.84. The van der Waals surface area contributed by atoms with Crippen LogP contribution in [0.15, 0.2) is 0 Å². The van der Waals surface area contributed by atoms with Gasteiger partial charge in [-0.1, -0.05) is 0 Å². The highest BCUT2D eigenvalue weighted by molar-refractivity contribution is 5.77. The minimum Gasteiger partial charge on any atom is -0.375 e. The van der Waals surface area contributed by atoms with Crippen molar-refractivity contribution in [1.29, 1.82) is 0 Å². The fourth-order valence-corrected chi connectivity index (χ4v) is 3.64. The molecule has 0 aliphatic carbocycles. The standard InChI is InChI=1S/C16H27N5O2/c1-19-14(11-20-7-3-4-8-20)17-18-16(19)13-6-5-9-21(10-13)15(22)12-23-2/h13H,3-12H2,1-2H3/t13-/m1/s1. The van der Waals surface area contributed by atoms with E-state index in [0.717, 1.165) is 57.2 Å². The average Bonchev–Trinajstić information content (AvgIpc) is 3.19. The summed E-state index contributed by atoms with van der Waals surface area (Å²) in [6.07, 6.45) is 4.63. The molecule has 0 spiro atoms. The second kappa shape index (κ2) is 7.40. The van der Waals surface area contributed by atoms with Crippen LogP contribution in [0.4, 0.5) is 0 Å². The minimum atomic E-state index is 0.0664. The maximum atomic E-state index is 12.0. The molecule has 3 heterocycles. The average molecular weight is 321 g/mol. The summed E-state index contributed by atoms with van der Waals surface area (Å²) < 4.78 is 7.10. The van der Waals surface area contributed by atoms with E-state index in [4.69, 9.17) is 4.74 Å². The van der Waals surface area contributed by atoms with Gasteiger partial charge in [0.15, 0.2) is 0 Å².